The van der Waals surface area contributed by atoms with Crippen LogP contribution in [0.4, 0.5) is 0 Å². The third-order valence-corrected chi connectivity index (χ3v) is 4.91. The summed E-state index contributed by atoms with van der Waals surface area (Å²) in [7, 11) is 0. The Morgan fingerprint density at radius 3 is 2.37 bits per heavy atom. The first-order valence-corrected chi connectivity index (χ1v) is 8.08. The molecule has 0 aromatic carbocycles. The van der Waals surface area contributed by atoms with E-state index in [9.17, 15) is 9.59 Å². The molecule has 1 heterocycles. The van der Waals surface area contributed by atoms with Gasteiger partial charge in [0.2, 0.25) is 5.12 Å². The zero-order valence-corrected chi connectivity index (χ0v) is 12.5. The standard InChI is InChI=1S/C15H24O3S/c1-3-4-5-6-7-8-9-10-12-13(14(16)17)11(2)15(18)19-12/h12-13H,2-10H2,1H3,(H,16,17)/t12-,13+/m1/s1. The van der Waals surface area contributed by atoms with E-state index in [4.69, 9.17) is 5.11 Å². The Morgan fingerprint density at radius 2 is 1.79 bits per heavy atom. The van der Waals surface area contributed by atoms with Gasteiger partial charge in [-0.3, -0.25) is 9.59 Å². The number of carboxylic acid groups (broad SMARTS) is 1. The molecule has 1 rings (SSSR count). The van der Waals surface area contributed by atoms with Crippen molar-refractivity contribution in [3.8, 4) is 0 Å². The second-order valence-electron chi connectivity index (χ2n) is 5.19. The number of unbranched alkanes of at least 4 members (excludes halogenated alkanes) is 6. The maximum absolute atomic E-state index is 11.5. The van der Waals surface area contributed by atoms with Crippen LogP contribution in [0.3, 0.4) is 0 Å². The first-order chi connectivity index (χ1) is 9.07. The molecule has 19 heavy (non-hydrogen) atoms. The molecule has 1 N–H and O–H groups in total. The van der Waals surface area contributed by atoms with Gasteiger partial charge in [0.15, 0.2) is 0 Å². The largest absolute Gasteiger partial charge is 0.481 e. The van der Waals surface area contributed by atoms with Crippen LogP contribution in [-0.2, 0) is 9.59 Å². The Labute approximate surface area is 119 Å². The molecule has 0 radical (unpaired) electrons. The van der Waals surface area contributed by atoms with Crippen LogP contribution >= 0.6 is 11.8 Å². The number of carbonyl (C=O) groups excluding carboxylic acids is 1. The monoisotopic (exact) mass is 284 g/mol. The van der Waals surface area contributed by atoms with Crippen LogP contribution in [0.5, 0.6) is 0 Å². The van der Waals surface area contributed by atoms with Crippen molar-refractivity contribution in [2.75, 3.05) is 0 Å². The molecule has 2 atom stereocenters. The lowest BCUT2D eigenvalue weighted by molar-refractivity contribution is -0.140. The molecule has 0 unspecified atom stereocenters. The molecule has 108 valence electrons. The summed E-state index contributed by atoms with van der Waals surface area (Å²) in [6, 6.07) is 0. The highest BCUT2D eigenvalue weighted by Gasteiger charge is 2.41. The van der Waals surface area contributed by atoms with E-state index in [0.717, 1.165) is 31.0 Å². The van der Waals surface area contributed by atoms with E-state index in [1.807, 2.05) is 0 Å². The van der Waals surface area contributed by atoms with Crippen molar-refractivity contribution in [1.29, 1.82) is 0 Å². The molecule has 0 spiro atoms. The molecule has 0 amide bonds. The molecular formula is C15H24O3S. The number of hydrogen-bond acceptors (Lipinski definition) is 3. The molecule has 1 aliphatic heterocycles. The molecule has 0 aromatic heterocycles. The normalized spacial score (nSPS) is 23.0. The molecule has 3 nitrogen and oxygen atoms in total. The van der Waals surface area contributed by atoms with Crippen molar-refractivity contribution < 1.29 is 14.7 Å². The lowest BCUT2D eigenvalue weighted by Crippen LogP contribution is -2.22. The van der Waals surface area contributed by atoms with E-state index >= 15 is 0 Å². The Hall–Kier alpha value is -0.770. The van der Waals surface area contributed by atoms with Gasteiger partial charge in [0.25, 0.3) is 0 Å². The molecule has 1 aliphatic rings. The van der Waals surface area contributed by atoms with Crippen molar-refractivity contribution in [2.24, 2.45) is 5.92 Å². The number of rotatable bonds is 9. The summed E-state index contributed by atoms with van der Waals surface area (Å²) in [5.41, 5.74) is 0.269. The van der Waals surface area contributed by atoms with E-state index in [1.54, 1.807) is 0 Å². The summed E-state index contributed by atoms with van der Waals surface area (Å²) in [5, 5.41) is 8.90. The SMILES string of the molecule is C=C1C(=O)S[C@H](CCCCCCCCC)[C@H]1C(=O)O. The van der Waals surface area contributed by atoms with Gasteiger partial charge in [-0.1, -0.05) is 70.2 Å². The summed E-state index contributed by atoms with van der Waals surface area (Å²) in [6.45, 7) is 5.82. The van der Waals surface area contributed by atoms with Crippen molar-refractivity contribution in [1.82, 2.24) is 0 Å². The molecule has 1 fully saturated rings. The molecular weight excluding hydrogens is 260 g/mol. The fourth-order valence-electron chi connectivity index (χ4n) is 2.47. The maximum Gasteiger partial charge on any atom is 0.312 e. The van der Waals surface area contributed by atoms with E-state index in [-0.39, 0.29) is 15.9 Å². The Bertz CT molecular complexity index is 338. The van der Waals surface area contributed by atoms with Gasteiger partial charge in [-0.2, -0.15) is 0 Å². The first-order valence-electron chi connectivity index (χ1n) is 7.20. The molecule has 0 aromatic rings. The topological polar surface area (TPSA) is 54.4 Å². The third kappa shape index (κ3) is 5.01. The molecule has 0 bridgehead atoms. The van der Waals surface area contributed by atoms with Crippen LogP contribution in [0, 0.1) is 5.92 Å². The number of thioether (sulfide) groups is 1. The Morgan fingerprint density at radius 1 is 1.21 bits per heavy atom. The highest BCUT2D eigenvalue weighted by molar-refractivity contribution is 8.15. The second kappa shape index (κ2) is 8.41. The van der Waals surface area contributed by atoms with Gasteiger partial charge in [0.1, 0.15) is 0 Å². The van der Waals surface area contributed by atoms with E-state index in [0.29, 0.717) is 0 Å². The minimum atomic E-state index is -0.906. The molecule has 4 heteroatoms. The Kier molecular flexibility index (Phi) is 7.21. The van der Waals surface area contributed by atoms with Crippen LogP contribution in [0.1, 0.15) is 58.3 Å². The minimum absolute atomic E-state index is 0.104. The molecule has 0 saturated carbocycles. The van der Waals surface area contributed by atoms with Crippen molar-refractivity contribution in [3.63, 3.8) is 0 Å². The third-order valence-electron chi connectivity index (χ3n) is 3.63. The minimum Gasteiger partial charge on any atom is -0.481 e. The van der Waals surface area contributed by atoms with E-state index in [2.05, 4.69) is 13.5 Å². The lowest BCUT2D eigenvalue weighted by atomic mass is 9.94. The molecule has 1 saturated heterocycles. The van der Waals surface area contributed by atoms with Crippen LogP contribution in [-0.4, -0.2) is 21.4 Å². The number of hydrogen-bond donors (Lipinski definition) is 1. The fourth-order valence-corrected chi connectivity index (χ4v) is 3.72. The van der Waals surface area contributed by atoms with Crippen molar-refractivity contribution in [2.45, 2.75) is 63.5 Å². The predicted molar refractivity (Wildman–Crippen MR) is 79.3 cm³/mol. The summed E-state index contributed by atoms with van der Waals surface area (Å²) in [6.07, 6.45) is 9.27. The second-order valence-corrected chi connectivity index (χ2v) is 6.41. The molecule has 0 aliphatic carbocycles. The predicted octanol–water partition coefficient (Wildman–Crippen LogP) is 4.03. The van der Waals surface area contributed by atoms with Gasteiger partial charge in [0.05, 0.1) is 5.92 Å². The average molecular weight is 284 g/mol. The van der Waals surface area contributed by atoms with Gasteiger partial charge >= 0.3 is 5.97 Å². The van der Waals surface area contributed by atoms with Crippen LogP contribution < -0.4 is 0 Å². The fraction of sp³-hybridized carbons (Fsp3) is 0.733. The highest BCUT2D eigenvalue weighted by Crippen LogP contribution is 2.40. The zero-order chi connectivity index (χ0) is 14.3. The van der Waals surface area contributed by atoms with Gasteiger partial charge in [0, 0.05) is 10.8 Å². The van der Waals surface area contributed by atoms with Gasteiger partial charge in [-0.25, -0.2) is 0 Å². The van der Waals surface area contributed by atoms with Gasteiger partial charge in [-0.15, -0.1) is 0 Å². The Balaban J connectivity index is 2.23. The average Bonchev–Trinajstić information content (AvgIpc) is 2.64. The van der Waals surface area contributed by atoms with E-state index in [1.165, 1.54) is 32.1 Å². The quantitative estimate of drug-likeness (QED) is 0.513. The van der Waals surface area contributed by atoms with Crippen LogP contribution in [0.2, 0.25) is 0 Å². The number of carboxylic acids is 1. The van der Waals surface area contributed by atoms with E-state index < -0.39 is 11.9 Å². The summed E-state index contributed by atoms with van der Waals surface area (Å²) < 4.78 is 0. The van der Waals surface area contributed by atoms with Gasteiger partial charge < -0.3 is 5.11 Å². The zero-order valence-electron chi connectivity index (χ0n) is 11.7. The maximum atomic E-state index is 11.5. The summed E-state index contributed by atoms with van der Waals surface area (Å²) in [5.74, 6) is -1.58. The van der Waals surface area contributed by atoms with Gasteiger partial charge in [-0.05, 0) is 6.42 Å². The smallest absolute Gasteiger partial charge is 0.312 e. The lowest BCUT2D eigenvalue weighted by Gasteiger charge is -2.13. The van der Waals surface area contributed by atoms with Crippen LogP contribution in [0.25, 0.3) is 0 Å². The summed E-state index contributed by atoms with van der Waals surface area (Å²) >= 11 is 1.16. The highest BCUT2D eigenvalue weighted by atomic mass is 32.2. The van der Waals surface area contributed by atoms with Crippen molar-refractivity contribution >= 4 is 22.8 Å². The number of carbonyl (C=O) groups is 2. The van der Waals surface area contributed by atoms with Crippen LogP contribution in [0.15, 0.2) is 12.2 Å². The summed E-state index contributed by atoms with van der Waals surface area (Å²) in [4.78, 5) is 22.7. The van der Waals surface area contributed by atoms with Crippen molar-refractivity contribution in [3.05, 3.63) is 12.2 Å². The number of aliphatic carboxylic acids is 1. The first kappa shape index (κ1) is 16.3.